The molecule has 0 saturated heterocycles. The first-order chi connectivity index (χ1) is 15.8. The van der Waals surface area contributed by atoms with Gasteiger partial charge in [0.25, 0.3) is 5.91 Å². The molecule has 1 atom stereocenters. The lowest BCUT2D eigenvalue weighted by Crippen LogP contribution is -2.41. The Morgan fingerprint density at radius 1 is 0.939 bits per heavy atom. The van der Waals surface area contributed by atoms with E-state index in [1.54, 1.807) is 24.3 Å². The number of hydrogen-bond acceptors (Lipinski definition) is 4. The number of rotatable bonds is 16. The van der Waals surface area contributed by atoms with Crippen molar-refractivity contribution in [1.82, 2.24) is 21.3 Å². The normalized spacial score (nSPS) is 11.3. The van der Waals surface area contributed by atoms with Gasteiger partial charge in [-0.25, -0.2) is 4.79 Å². The second kappa shape index (κ2) is 16.3. The van der Waals surface area contributed by atoms with Gasteiger partial charge in [-0.05, 0) is 37.0 Å². The van der Waals surface area contributed by atoms with Gasteiger partial charge < -0.3 is 32.1 Å². The van der Waals surface area contributed by atoms with E-state index in [2.05, 4.69) is 28.2 Å². The van der Waals surface area contributed by atoms with Gasteiger partial charge in [-0.15, -0.1) is 0 Å². The summed E-state index contributed by atoms with van der Waals surface area (Å²) in [6.45, 7) is 3.78. The first-order valence-electron chi connectivity index (χ1n) is 11.6. The third-order valence-corrected chi connectivity index (χ3v) is 5.11. The predicted molar refractivity (Wildman–Crippen MR) is 130 cm³/mol. The Bertz CT molecular complexity index is 753. The number of carboxylic acid groups (broad SMARTS) is 1. The van der Waals surface area contributed by atoms with Gasteiger partial charge >= 0.3 is 5.97 Å². The minimum absolute atomic E-state index is 0.177. The highest BCUT2D eigenvalue weighted by Crippen LogP contribution is 2.07. The first-order valence-corrected chi connectivity index (χ1v) is 11.6. The van der Waals surface area contributed by atoms with Crippen LogP contribution in [-0.4, -0.2) is 48.0 Å². The summed E-state index contributed by atoms with van der Waals surface area (Å²) < 4.78 is 0. The van der Waals surface area contributed by atoms with Crippen molar-refractivity contribution in [2.75, 3.05) is 13.1 Å². The number of nitrogens with two attached hydrogens (primary N) is 1. The fraction of sp³-hybridized carbons (Fsp3) is 0.565. The molecule has 0 bridgehead atoms. The first kappa shape index (κ1) is 27.7. The van der Waals surface area contributed by atoms with Crippen molar-refractivity contribution < 1.29 is 14.7 Å². The minimum atomic E-state index is -1.11. The van der Waals surface area contributed by atoms with Gasteiger partial charge in [0, 0.05) is 25.2 Å². The van der Waals surface area contributed by atoms with Gasteiger partial charge in [-0.2, -0.15) is 0 Å². The Kier molecular flexibility index (Phi) is 13.7. The maximum Gasteiger partial charge on any atom is 0.326 e. The molecule has 0 radical (unpaired) electrons. The smallest absolute Gasteiger partial charge is 0.326 e. The fourth-order valence-electron chi connectivity index (χ4n) is 3.17. The van der Waals surface area contributed by atoms with E-state index in [0.29, 0.717) is 25.1 Å². The molecule has 10 heteroatoms. The lowest BCUT2D eigenvalue weighted by molar-refractivity contribution is -0.139. The molecule has 0 heterocycles. The van der Waals surface area contributed by atoms with Crippen molar-refractivity contribution in [3.8, 4) is 0 Å². The zero-order chi connectivity index (χ0) is 24.5. The maximum atomic E-state index is 12.4. The number of carboxylic acids is 1. The van der Waals surface area contributed by atoms with Gasteiger partial charge in [0.1, 0.15) is 6.04 Å². The molecule has 0 unspecified atom stereocenters. The number of aliphatic carboxylic acids is 1. The van der Waals surface area contributed by atoms with Crippen LogP contribution in [0, 0.1) is 10.8 Å². The van der Waals surface area contributed by atoms with Gasteiger partial charge in [-0.3, -0.25) is 15.6 Å². The Morgan fingerprint density at radius 2 is 1.58 bits per heavy atom. The quantitative estimate of drug-likeness (QED) is 0.106. The average molecular weight is 462 g/mol. The van der Waals surface area contributed by atoms with Crippen LogP contribution in [-0.2, 0) is 11.3 Å². The molecule has 0 saturated carbocycles. The van der Waals surface area contributed by atoms with Crippen molar-refractivity contribution in [2.45, 2.75) is 70.9 Å². The standard InChI is InChI=1S/C23H39N7O3/c1-2-3-4-5-6-7-14-28-23(26)29-16-17-10-12-18(13-11-17)20(31)30-19(21(32)33)9-8-15-27-22(24)25/h10-13,19H,2-9,14-16H2,1H3,(H,30,31)(H,32,33)(H4,24,25,27)(H3,26,28,29)/t19-/m0/s1. The molecular formula is C23H39N7O3. The van der Waals surface area contributed by atoms with Crippen LogP contribution in [0.1, 0.15) is 74.2 Å². The van der Waals surface area contributed by atoms with Crippen LogP contribution in [0.3, 0.4) is 0 Å². The topological polar surface area (TPSA) is 176 Å². The molecule has 0 aliphatic rings. The Labute approximate surface area is 196 Å². The number of nitrogens with one attached hydrogen (secondary N) is 6. The lowest BCUT2D eigenvalue weighted by atomic mass is 10.1. The van der Waals surface area contributed by atoms with E-state index in [9.17, 15) is 14.7 Å². The maximum absolute atomic E-state index is 12.4. The Balaban J connectivity index is 2.36. The molecule has 1 rings (SSSR count). The molecule has 10 nitrogen and oxygen atoms in total. The van der Waals surface area contributed by atoms with Crippen LogP contribution in [0.4, 0.5) is 0 Å². The highest BCUT2D eigenvalue weighted by molar-refractivity contribution is 5.96. The summed E-state index contributed by atoms with van der Waals surface area (Å²) in [5, 5.41) is 35.6. The lowest BCUT2D eigenvalue weighted by Gasteiger charge is -2.15. The predicted octanol–water partition coefficient (Wildman–Crippen LogP) is 2.11. The molecule has 0 fully saturated rings. The van der Waals surface area contributed by atoms with Gasteiger partial charge in [-0.1, -0.05) is 51.2 Å². The number of benzene rings is 1. The molecule has 0 aliphatic carbocycles. The fourth-order valence-corrected chi connectivity index (χ4v) is 3.17. The molecule has 33 heavy (non-hydrogen) atoms. The number of carbonyl (C=O) groups is 2. The number of amides is 1. The molecule has 184 valence electrons. The minimum Gasteiger partial charge on any atom is -0.480 e. The van der Waals surface area contributed by atoms with Gasteiger partial charge in [0.05, 0.1) is 0 Å². The SMILES string of the molecule is CCCCCCCCNC(=N)NCc1ccc(C(=O)N[C@@H](CCCNC(=N)N)C(=O)O)cc1. The van der Waals surface area contributed by atoms with E-state index in [1.165, 1.54) is 32.1 Å². The molecule has 0 aliphatic heterocycles. The highest BCUT2D eigenvalue weighted by Gasteiger charge is 2.20. The highest BCUT2D eigenvalue weighted by atomic mass is 16.4. The summed E-state index contributed by atoms with van der Waals surface area (Å²) in [6, 6.07) is 5.79. The van der Waals surface area contributed by atoms with Crippen LogP contribution in [0.25, 0.3) is 0 Å². The van der Waals surface area contributed by atoms with Crippen molar-refractivity contribution >= 4 is 23.8 Å². The van der Waals surface area contributed by atoms with E-state index in [4.69, 9.17) is 16.6 Å². The second-order valence-corrected chi connectivity index (χ2v) is 7.97. The summed E-state index contributed by atoms with van der Waals surface area (Å²) in [7, 11) is 0. The summed E-state index contributed by atoms with van der Waals surface area (Å²) >= 11 is 0. The largest absolute Gasteiger partial charge is 0.480 e. The summed E-state index contributed by atoms with van der Waals surface area (Å²) in [4.78, 5) is 23.8. The Morgan fingerprint density at radius 3 is 2.21 bits per heavy atom. The number of guanidine groups is 2. The van der Waals surface area contributed by atoms with E-state index in [0.717, 1.165) is 18.5 Å². The van der Waals surface area contributed by atoms with Gasteiger partial charge in [0.15, 0.2) is 11.9 Å². The molecule has 1 amide bonds. The molecule has 1 aromatic carbocycles. The van der Waals surface area contributed by atoms with Crippen LogP contribution in [0.2, 0.25) is 0 Å². The van der Waals surface area contributed by atoms with E-state index in [-0.39, 0.29) is 18.3 Å². The summed E-state index contributed by atoms with van der Waals surface area (Å²) in [5.74, 6) is -1.48. The number of unbranched alkanes of at least 4 members (excludes halogenated alkanes) is 5. The van der Waals surface area contributed by atoms with Crippen LogP contribution in [0.5, 0.6) is 0 Å². The van der Waals surface area contributed by atoms with Crippen molar-refractivity contribution in [1.29, 1.82) is 10.8 Å². The van der Waals surface area contributed by atoms with E-state index >= 15 is 0 Å². The Hall–Kier alpha value is -3.30. The van der Waals surface area contributed by atoms with Crippen molar-refractivity contribution in [3.63, 3.8) is 0 Å². The number of hydrogen-bond donors (Lipinski definition) is 8. The van der Waals surface area contributed by atoms with Crippen LogP contribution >= 0.6 is 0 Å². The van der Waals surface area contributed by atoms with E-state index < -0.39 is 17.9 Å². The summed E-state index contributed by atoms with van der Waals surface area (Å²) in [6.07, 6.45) is 7.91. The van der Waals surface area contributed by atoms with Crippen LogP contribution in [0.15, 0.2) is 24.3 Å². The zero-order valence-electron chi connectivity index (χ0n) is 19.5. The molecule has 0 spiro atoms. The second-order valence-electron chi connectivity index (χ2n) is 7.97. The number of carbonyl (C=O) groups excluding carboxylic acids is 1. The van der Waals surface area contributed by atoms with Gasteiger partial charge in [0.2, 0.25) is 0 Å². The van der Waals surface area contributed by atoms with E-state index in [1.807, 2.05) is 0 Å². The third-order valence-electron chi connectivity index (χ3n) is 5.11. The summed E-state index contributed by atoms with van der Waals surface area (Å²) in [5.41, 5.74) is 6.46. The van der Waals surface area contributed by atoms with Crippen molar-refractivity contribution in [2.24, 2.45) is 5.73 Å². The molecule has 9 N–H and O–H groups in total. The zero-order valence-corrected chi connectivity index (χ0v) is 19.5. The average Bonchev–Trinajstić information content (AvgIpc) is 2.79. The van der Waals surface area contributed by atoms with Crippen LogP contribution < -0.4 is 27.0 Å². The molecule has 0 aromatic heterocycles. The monoisotopic (exact) mass is 461 g/mol. The third kappa shape index (κ3) is 13.0. The molecular weight excluding hydrogens is 422 g/mol. The van der Waals surface area contributed by atoms with Crippen molar-refractivity contribution in [3.05, 3.63) is 35.4 Å². The molecule has 1 aromatic rings.